The number of alkyl halides is 1. The van der Waals surface area contributed by atoms with Gasteiger partial charge in [0.25, 0.3) is 0 Å². The van der Waals surface area contributed by atoms with Gasteiger partial charge in [-0.3, -0.25) is 4.68 Å². The molecule has 0 aromatic carbocycles. The highest BCUT2D eigenvalue weighted by Gasteiger charge is 2.42. The number of halogens is 2. The number of hydrogen-bond acceptors (Lipinski definition) is 2. The maximum atomic E-state index is 15.0. The summed E-state index contributed by atoms with van der Waals surface area (Å²) in [7, 11) is 0. The molecule has 0 aliphatic carbocycles. The number of nitrogens with zero attached hydrogens (tertiary/aromatic N) is 2. The van der Waals surface area contributed by atoms with E-state index in [2.05, 4.69) is 21.0 Å². The fourth-order valence-electron chi connectivity index (χ4n) is 1.95. The zero-order valence-electron chi connectivity index (χ0n) is 11.8. The van der Waals surface area contributed by atoms with Crippen molar-refractivity contribution in [2.45, 2.75) is 53.3 Å². The molecule has 0 bridgehead atoms. The first kappa shape index (κ1) is 15.6. The van der Waals surface area contributed by atoms with E-state index in [1.54, 1.807) is 0 Å². The van der Waals surface area contributed by atoms with E-state index in [9.17, 15) is 0 Å². The van der Waals surface area contributed by atoms with E-state index in [4.69, 9.17) is 5.73 Å². The fourth-order valence-corrected chi connectivity index (χ4v) is 2.37. The summed E-state index contributed by atoms with van der Waals surface area (Å²) in [4.78, 5) is 0. The summed E-state index contributed by atoms with van der Waals surface area (Å²) in [5.41, 5.74) is 5.51. The number of aromatic nitrogens is 2. The van der Waals surface area contributed by atoms with Gasteiger partial charge in [0.05, 0.1) is 15.9 Å². The van der Waals surface area contributed by atoms with Crippen LogP contribution in [0, 0.1) is 12.3 Å². The van der Waals surface area contributed by atoms with Crippen LogP contribution in [0.1, 0.15) is 39.1 Å². The van der Waals surface area contributed by atoms with Crippen molar-refractivity contribution in [3.8, 4) is 0 Å². The lowest BCUT2D eigenvalue weighted by atomic mass is 9.75. The summed E-state index contributed by atoms with van der Waals surface area (Å²) >= 11 is 3.50. The largest absolute Gasteiger partial charge is 0.327 e. The topological polar surface area (TPSA) is 43.8 Å². The van der Waals surface area contributed by atoms with Crippen LogP contribution in [-0.2, 0) is 13.0 Å². The summed E-state index contributed by atoms with van der Waals surface area (Å²) in [6.07, 6.45) is 0.280. The van der Waals surface area contributed by atoms with Crippen LogP contribution in [0.15, 0.2) is 4.47 Å². The van der Waals surface area contributed by atoms with Crippen molar-refractivity contribution in [1.29, 1.82) is 0 Å². The van der Waals surface area contributed by atoms with Crippen LogP contribution in [0.3, 0.4) is 0 Å². The summed E-state index contributed by atoms with van der Waals surface area (Å²) < 4.78 is 17.8. The first-order valence-electron chi connectivity index (χ1n) is 6.27. The number of rotatable bonds is 4. The van der Waals surface area contributed by atoms with Crippen LogP contribution in [0.4, 0.5) is 4.39 Å². The third kappa shape index (κ3) is 2.77. The number of hydrogen-bond donors (Lipinski definition) is 1. The minimum Gasteiger partial charge on any atom is -0.327 e. The van der Waals surface area contributed by atoms with E-state index < -0.39 is 11.1 Å². The smallest absolute Gasteiger partial charge is 0.133 e. The molecule has 0 saturated carbocycles. The minimum atomic E-state index is -1.44. The molecule has 1 rings (SSSR count). The highest BCUT2D eigenvalue weighted by molar-refractivity contribution is 9.10. The normalized spacial score (nSPS) is 15.8. The van der Waals surface area contributed by atoms with Gasteiger partial charge in [0.2, 0.25) is 0 Å². The summed E-state index contributed by atoms with van der Waals surface area (Å²) in [6.45, 7) is 10.3. The van der Waals surface area contributed by atoms with Crippen LogP contribution >= 0.6 is 15.9 Å². The van der Waals surface area contributed by atoms with Crippen LogP contribution in [0.5, 0.6) is 0 Å². The molecule has 0 amide bonds. The Bertz CT molecular complexity index is 423. The molecule has 0 radical (unpaired) electrons. The van der Waals surface area contributed by atoms with E-state index in [1.807, 2.05) is 39.3 Å². The predicted octanol–water partition coefficient (Wildman–Crippen LogP) is 3.23. The van der Waals surface area contributed by atoms with E-state index in [1.165, 1.54) is 0 Å². The van der Waals surface area contributed by atoms with Crippen molar-refractivity contribution in [3.63, 3.8) is 0 Å². The van der Waals surface area contributed by atoms with Crippen LogP contribution in [-0.4, -0.2) is 22.0 Å². The highest BCUT2D eigenvalue weighted by atomic mass is 79.9. The van der Waals surface area contributed by atoms with Gasteiger partial charge in [-0.2, -0.15) is 5.10 Å². The number of aryl methyl sites for hydroxylation is 2. The highest BCUT2D eigenvalue weighted by Crippen LogP contribution is 2.38. The summed E-state index contributed by atoms with van der Waals surface area (Å²) in [6, 6.07) is 0. The second-order valence-electron chi connectivity index (χ2n) is 5.76. The van der Waals surface area contributed by atoms with Gasteiger partial charge in [0, 0.05) is 19.5 Å². The van der Waals surface area contributed by atoms with Crippen molar-refractivity contribution >= 4 is 15.9 Å². The van der Waals surface area contributed by atoms with Crippen molar-refractivity contribution in [2.24, 2.45) is 11.1 Å². The molecule has 104 valence electrons. The Morgan fingerprint density at radius 3 is 2.33 bits per heavy atom. The fraction of sp³-hybridized carbons (Fsp3) is 0.769. The predicted molar refractivity (Wildman–Crippen MR) is 76.4 cm³/mol. The molecular weight excluding hydrogens is 297 g/mol. The molecule has 3 nitrogen and oxygen atoms in total. The molecular formula is C13H23BrFN3. The quantitative estimate of drug-likeness (QED) is 0.926. The van der Waals surface area contributed by atoms with E-state index >= 15 is 4.39 Å². The number of nitrogens with two attached hydrogens (primary N) is 1. The van der Waals surface area contributed by atoms with Gasteiger partial charge in [-0.25, -0.2) is 4.39 Å². The average Bonchev–Trinajstić information content (AvgIpc) is 2.55. The Morgan fingerprint density at radius 1 is 1.39 bits per heavy atom. The summed E-state index contributed by atoms with van der Waals surface area (Å²) in [5, 5.41) is 4.39. The Morgan fingerprint density at radius 2 is 1.94 bits per heavy atom. The molecule has 0 saturated heterocycles. The maximum absolute atomic E-state index is 15.0. The Hall–Kier alpha value is -0.420. The zero-order valence-corrected chi connectivity index (χ0v) is 13.4. The van der Waals surface area contributed by atoms with E-state index in [0.29, 0.717) is 0 Å². The maximum Gasteiger partial charge on any atom is 0.133 e. The Labute approximate surface area is 117 Å². The molecule has 18 heavy (non-hydrogen) atoms. The molecule has 1 aromatic heterocycles. The van der Waals surface area contributed by atoms with Gasteiger partial charge in [0.15, 0.2) is 0 Å². The van der Waals surface area contributed by atoms with E-state index in [-0.39, 0.29) is 13.0 Å². The van der Waals surface area contributed by atoms with Gasteiger partial charge >= 0.3 is 0 Å². The van der Waals surface area contributed by atoms with Gasteiger partial charge < -0.3 is 5.73 Å². The SMILES string of the molecule is CCn1nc(C)c(Br)c1CC(F)(CN)C(C)(C)C. The standard InChI is InChI=1S/C13H23BrFN3/c1-6-18-10(11(14)9(2)17-18)7-13(15,8-16)12(3,4)5/h6-8,16H2,1-5H3. The van der Waals surface area contributed by atoms with Crippen molar-refractivity contribution < 1.29 is 4.39 Å². The minimum absolute atomic E-state index is 0.0108. The van der Waals surface area contributed by atoms with Crippen LogP contribution in [0.2, 0.25) is 0 Å². The van der Waals surface area contributed by atoms with Gasteiger partial charge in [-0.05, 0) is 35.2 Å². The molecule has 1 heterocycles. The second kappa shape index (κ2) is 5.29. The third-order valence-corrected chi connectivity index (χ3v) is 4.60. The van der Waals surface area contributed by atoms with Gasteiger partial charge in [-0.15, -0.1) is 0 Å². The lowest BCUT2D eigenvalue weighted by Gasteiger charge is -2.37. The van der Waals surface area contributed by atoms with Crippen LogP contribution in [0.25, 0.3) is 0 Å². The molecule has 1 unspecified atom stereocenters. The molecule has 2 N–H and O–H groups in total. The first-order chi connectivity index (χ1) is 8.16. The summed E-state index contributed by atoms with van der Waals surface area (Å²) in [5.74, 6) is 0. The molecule has 0 aliphatic heterocycles. The van der Waals surface area contributed by atoms with Gasteiger partial charge in [-0.1, -0.05) is 20.8 Å². The van der Waals surface area contributed by atoms with E-state index in [0.717, 1.165) is 22.4 Å². The van der Waals surface area contributed by atoms with Crippen molar-refractivity contribution in [3.05, 3.63) is 15.9 Å². The lowest BCUT2D eigenvalue weighted by Crippen LogP contribution is -2.47. The van der Waals surface area contributed by atoms with Crippen molar-refractivity contribution in [1.82, 2.24) is 9.78 Å². The molecule has 1 aromatic rings. The van der Waals surface area contributed by atoms with Crippen molar-refractivity contribution in [2.75, 3.05) is 6.54 Å². The third-order valence-electron chi connectivity index (χ3n) is 3.57. The zero-order chi connectivity index (χ0) is 14.1. The second-order valence-corrected chi connectivity index (χ2v) is 6.55. The average molecular weight is 320 g/mol. The first-order valence-corrected chi connectivity index (χ1v) is 7.06. The molecule has 0 aliphatic rings. The molecule has 5 heteroatoms. The molecule has 0 fully saturated rings. The molecule has 0 spiro atoms. The van der Waals surface area contributed by atoms with Gasteiger partial charge in [0.1, 0.15) is 5.67 Å². The van der Waals surface area contributed by atoms with Crippen LogP contribution < -0.4 is 5.73 Å². The monoisotopic (exact) mass is 319 g/mol. The Kier molecular flexibility index (Phi) is 4.60. The molecule has 1 atom stereocenters. The Balaban J connectivity index is 3.17. The lowest BCUT2D eigenvalue weighted by molar-refractivity contribution is 0.0361.